The van der Waals surface area contributed by atoms with E-state index in [4.69, 9.17) is 5.73 Å². The smallest absolute Gasteiger partial charge is 0.348 e. The van der Waals surface area contributed by atoms with E-state index in [1.54, 1.807) is 0 Å². The fraction of sp³-hybridized carbons (Fsp3) is 0.444. The summed E-state index contributed by atoms with van der Waals surface area (Å²) >= 11 is 1.39. The lowest BCUT2D eigenvalue weighted by Crippen LogP contribution is -2.18. The molecule has 1 atom stereocenters. The monoisotopic (exact) mass is 199 g/mol. The van der Waals surface area contributed by atoms with Crippen LogP contribution < -0.4 is 5.73 Å². The molecule has 0 radical (unpaired) electrons. The number of esters is 1. The molecule has 3 nitrogen and oxygen atoms in total. The molecule has 13 heavy (non-hydrogen) atoms. The van der Waals surface area contributed by atoms with E-state index in [9.17, 15) is 4.79 Å². The zero-order chi connectivity index (χ0) is 9.84. The van der Waals surface area contributed by atoms with Gasteiger partial charge < -0.3 is 10.5 Å². The highest BCUT2D eigenvalue weighted by atomic mass is 32.1. The molecule has 0 bridgehead atoms. The van der Waals surface area contributed by atoms with Crippen LogP contribution in [0, 0.1) is 0 Å². The quantitative estimate of drug-likeness (QED) is 0.749. The predicted octanol–water partition coefficient (Wildman–Crippen LogP) is 1.42. The number of hydrogen-bond donors (Lipinski definition) is 1. The van der Waals surface area contributed by atoms with Crippen LogP contribution >= 0.6 is 11.3 Å². The van der Waals surface area contributed by atoms with Gasteiger partial charge in [-0.15, -0.1) is 11.3 Å². The first kappa shape index (κ1) is 10.2. The number of ether oxygens (including phenoxy) is 1. The summed E-state index contributed by atoms with van der Waals surface area (Å²) in [7, 11) is 1.39. The zero-order valence-electron chi connectivity index (χ0n) is 7.74. The fourth-order valence-electron chi connectivity index (χ4n) is 1.12. The van der Waals surface area contributed by atoms with Gasteiger partial charge in [-0.3, -0.25) is 0 Å². The summed E-state index contributed by atoms with van der Waals surface area (Å²) in [5.74, 6) is -0.273. The molecule has 0 amide bonds. The van der Waals surface area contributed by atoms with Crippen molar-refractivity contribution in [1.29, 1.82) is 0 Å². The van der Waals surface area contributed by atoms with Crippen LogP contribution in [0.15, 0.2) is 11.4 Å². The lowest BCUT2D eigenvalue weighted by atomic mass is 10.1. The standard InChI is InChI=1S/C9H13NO2S/c1-6(10)5-7-3-4-13-8(7)9(11)12-2/h3-4,6H,5,10H2,1-2H3/t6-/m1/s1. The Morgan fingerprint density at radius 1 is 1.77 bits per heavy atom. The maximum absolute atomic E-state index is 11.2. The molecule has 2 N–H and O–H groups in total. The van der Waals surface area contributed by atoms with Crippen LogP contribution in [-0.4, -0.2) is 19.1 Å². The topological polar surface area (TPSA) is 52.3 Å². The fourth-order valence-corrected chi connectivity index (χ4v) is 1.97. The van der Waals surface area contributed by atoms with Gasteiger partial charge in [-0.05, 0) is 30.4 Å². The number of carbonyl (C=O) groups is 1. The van der Waals surface area contributed by atoms with Gasteiger partial charge in [0.1, 0.15) is 4.88 Å². The summed E-state index contributed by atoms with van der Waals surface area (Å²) in [6.45, 7) is 1.92. The second-order valence-electron chi connectivity index (χ2n) is 2.95. The highest BCUT2D eigenvalue weighted by Gasteiger charge is 2.13. The average Bonchev–Trinajstić information content (AvgIpc) is 2.50. The van der Waals surface area contributed by atoms with Crippen LogP contribution in [0.3, 0.4) is 0 Å². The minimum atomic E-state index is -0.273. The molecular weight excluding hydrogens is 186 g/mol. The number of thiophene rings is 1. The summed E-state index contributed by atoms with van der Waals surface area (Å²) in [6.07, 6.45) is 0.716. The first-order valence-corrected chi connectivity index (χ1v) is 4.93. The van der Waals surface area contributed by atoms with E-state index in [1.807, 2.05) is 18.4 Å². The van der Waals surface area contributed by atoms with E-state index in [2.05, 4.69) is 4.74 Å². The van der Waals surface area contributed by atoms with Crippen LogP contribution in [0.5, 0.6) is 0 Å². The molecule has 0 unspecified atom stereocenters. The van der Waals surface area contributed by atoms with Crippen LogP contribution in [0.2, 0.25) is 0 Å². The first-order valence-electron chi connectivity index (χ1n) is 4.05. The normalized spacial score (nSPS) is 12.5. The van der Waals surface area contributed by atoms with Crippen molar-refractivity contribution in [3.05, 3.63) is 21.9 Å². The molecule has 0 aliphatic carbocycles. The van der Waals surface area contributed by atoms with Crippen molar-refractivity contribution in [2.45, 2.75) is 19.4 Å². The number of methoxy groups -OCH3 is 1. The van der Waals surface area contributed by atoms with Gasteiger partial charge in [-0.1, -0.05) is 0 Å². The van der Waals surface area contributed by atoms with Crippen LogP contribution in [0.1, 0.15) is 22.2 Å². The van der Waals surface area contributed by atoms with Gasteiger partial charge in [0.05, 0.1) is 7.11 Å². The summed E-state index contributed by atoms with van der Waals surface area (Å²) in [6, 6.07) is 1.98. The van der Waals surface area contributed by atoms with Crippen LogP contribution in [0.4, 0.5) is 0 Å². The Balaban J connectivity index is 2.83. The minimum Gasteiger partial charge on any atom is -0.465 e. The van der Waals surface area contributed by atoms with Gasteiger partial charge in [0.15, 0.2) is 0 Å². The molecule has 1 heterocycles. The molecule has 1 rings (SSSR count). The summed E-state index contributed by atoms with van der Waals surface area (Å²) in [4.78, 5) is 11.9. The molecule has 1 aromatic heterocycles. The third kappa shape index (κ3) is 2.54. The van der Waals surface area contributed by atoms with Crippen molar-refractivity contribution < 1.29 is 9.53 Å². The molecule has 0 aliphatic heterocycles. The lowest BCUT2D eigenvalue weighted by molar-refractivity contribution is 0.0605. The molecule has 1 aromatic rings. The summed E-state index contributed by atoms with van der Waals surface area (Å²) in [5, 5.41) is 1.88. The Kier molecular flexibility index (Phi) is 3.45. The average molecular weight is 199 g/mol. The van der Waals surface area contributed by atoms with E-state index in [-0.39, 0.29) is 12.0 Å². The van der Waals surface area contributed by atoms with Gasteiger partial charge in [-0.2, -0.15) is 0 Å². The van der Waals surface area contributed by atoms with Crippen molar-refractivity contribution >= 4 is 17.3 Å². The van der Waals surface area contributed by atoms with Crippen molar-refractivity contribution in [1.82, 2.24) is 0 Å². The molecule has 4 heteroatoms. The van der Waals surface area contributed by atoms with Crippen LogP contribution in [-0.2, 0) is 11.2 Å². The third-order valence-electron chi connectivity index (χ3n) is 1.66. The first-order chi connectivity index (χ1) is 6.15. The van der Waals surface area contributed by atoms with Crippen LogP contribution in [0.25, 0.3) is 0 Å². The molecule has 72 valence electrons. The van der Waals surface area contributed by atoms with E-state index < -0.39 is 0 Å². The van der Waals surface area contributed by atoms with E-state index in [1.165, 1.54) is 18.4 Å². The Bertz CT molecular complexity index is 294. The highest BCUT2D eigenvalue weighted by Crippen LogP contribution is 2.18. The van der Waals surface area contributed by atoms with E-state index in [0.29, 0.717) is 11.3 Å². The Morgan fingerprint density at radius 3 is 3.00 bits per heavy atom. The molecule has 0 saturated carbocycles. The summed E-state index contributed by atoms with van der Waals surface area (Å²) < 4.78 is 4.65. The Morgan fingerprint density at radius 2 is 2.46 bits per heavy atom. The predicted molar refractivity (Wildman–Crippen MR) is 53.0 cm³/mol. The second kappa shape index (κ2) is 4.39. The molecule has 0 aromatic carbocycles. The summed E-state index contributed by atoms with van der Waals surface area (Å²) in [5.41, 5.74) is 6.63. The van der Waals surface area contributed by atoms with Crippen molar-refractivity contribution in [3.63, 3.8) is 0 Å². The molecule has 0 aliphatic rings. The molecule has 0 saturated heterocycles. The van der Waals surface area contributed by atoms with Gasteiger partial charge in [0, 0.05) is 6.04 Å². The number of hydrogen-bond acceptors (Lipinski definition) is 4. The maximum Gasteiger partial charge on any atom is 0.348 e. The molecular formula is C9H13NO2S. The van der Waals surface area contributed by atoms with E-state index >= 15 is 0 Å². The van der Waals surface area contributed by atoms with Gasteiger partial charge in [0.25, 0.3) is 0 Å². The van der Waals surface area contributed by atoms with Gasteiger partial charge >= 0.3 is 5.97 Å². The highest BCUT2D eigenvalue weighted by molar-refractivity contribution is 7.12. The SMILES string of the molecule is COC(=O)c1sccc1C[C@@H](C)N. The zero-order valence-corrected chi connectivity index (χ0v) is 8.56. The minimum absolute atomic E-state index is 0.0676. The van der Waals surface area contributed by atoms with Gasteiger partial charge in [0.2, 0.25) is 0 Å². The lowest BCUT2D eigenvalue weighted by Gasteiger charge is -2.04. The molecule has 0 spiro atoms. The Hall–Kier alpha value is -0.870. The van der Waals surface area contributed by atoms with Crippen molar-refractivity contribution in [2.24, 2.45) is 5.73 Å². The largest absolute Gasteiger partial charge is 0.465 e. The number of nitrogens with two attached hydrogens (primary N) is 1. The Labute approximate surface area is 81.5 Å². The van der Waals surface area contributed by atoms with Crippen molar-refractivity contribution in [2.75, 3.05) is 7.11 Å². The third-order valence-corrected chi connectivity index (χ3v) is 2.60. The van der Waals surface area contributed by atoms with Crippen molar-refractivity contribution in [3.8, 4) is 0 Å². The second-order valence-corrected chi connectivity index (χ2v) is 3.86. The number of rotatable bonds is 3. The molecule has 0 fully saturated rings. The van der Waals surface area contributed by atoms with E-state index in [0.717, 1.165) is 5.56 Å². The van der Waals surface area contributed by atoms with Gasteiger partial charge in [-0.25, -0.2) is 4.79 Å². The number of carbonyl (C=O) groups excluding carboxylic acids is 1. The maximum atomic E-state index is 11.2.